The van der Waals surface area contributed by atoms with Crippen LogP contribution in [0.25, 0.3) is 0 Å². The predicted molar refractivity (Wildman–Crippen MR) is 82.4 cm³/mol. The van der Waals surface area contributed by atoms with Gasteiger partial charge in [-0.2, -0.15) is 0 Å². The number of hydrogen-bond donors (Lipinski definition) is 1. The van der Waals surface area contributed by atoms with E-state index < -0.39 is 0 Å². The molecule has 0 aromatic heterocycles. The van der Waals surface area contributed by atoms with Gasteiger partial charge >= 0.3 is 0 Å². The topological polar surface area (TPSA) is 12.0 Å². The summed E-state index contributed by atoms with van der Waals surface area (Å²) in [7, 11) is 0. The van der Waals surface area contributed by atoms with Crippen LogP contribution in [0.4, 0.5) is 4.39 Å². The Balaban J connectivity index is 2.09. The maximum absolute atomic E-state index is 13.0. The van der Waals surface area contributed by atoms with Crippen molar-refractivity contribution in [1.29, 1.82) is 0 Å². The predicted octanol–water partition coefficient (Wildman–Crippen LogP) is 5.28. The zero-order valence-corrected chi connectivity index (χ0v) is 12.5. The molecule has 2 rings (SSSR count). The first kappa shape index (κ1) is 15.0. The average Bonchev–Trinajstić information content (AvgIpc) is 2.46. The highest BCUT2D eigenvalue weighted by Gasteiger charge is 2.13. The maximum atomic E-state index is 13.0. The lowest BCUT2D eigenvalue weighted by atomic mass is 10.0. The summed E-state index contributed by atoms with van der Waals surface area (Å²) in [5.74, 6) is -0.200. The first-order chi connectivity index (χ1) is 9.60. The molecule has 0 spiro atoms. The summed E-state index contributed by atoms with van der Waals surface area (Å²) in [5, 5.41) is 4.31. The molecule has 0 fully saturated rings. The second kappa shape index (κ2) is 6.87. The number of benzene rings is 2. The molecular formula is C17H19ClFN. The molecule has 2 aromatic carbocycles. The molecule has 0 saturated heterocycles. The van der Waals surface area contributed by atoms with Crippen LogP contribution >= 0.6 is 11.6 Å². The molecule has 0 bridgehead atoms. The van der Waals surface area contributed by atoms with Crippen molar-refractivity contribution < 1.29 is 4.39 Å². The van der Waals surface area contributed by atoms with Crippen molar-refractivity contribution in [1.82, 2.24) is 5.32 Å². The minimum absolute atomic E-state index is 0.200. The Morgan fingerprint density at radius 2 is 1.55 bits per heavy atom. The van der Waals surface area contributed by atoms with Gasteiger partial charge in [0.15, 0.2) is 0 Å². The molecule has 1 N–H and O–H groups in total. The molecule has 0 aliphatic rings. The highest BCUT2D eigenvalue weighted by Crippen LogP contribution is 2.23. The van der Waals surface area contributed by atoms with Crippen LogP contribution in [0.2, 0.25) is 5.02 Å². The van der Waals surface area contributed by atoms with E-state index >= 15 is 0 Å². The molecule has 0 aliphatic heterocycles. The number of nitrogens with one attached hydrogen (secondary N) is 1. The zero-order valence-electron chi connectivity index (χ0n) is 11.7. The fourth-order valence-electron chi connectivity index (χ4n) is 2.29. The smallest absolute Gasteiger partial charge is 0.123 e. The number of halogens is 2. The van der Waals surface area contributed by atoms with Gasteiger partial charge in [-0.3, -0.25) is 0 Å². The highest BCUT2D eigenvalue weighted by atomic mass is 35.5. The monoisotopic (exact) mass is 291 g/mol. The first-order valence-corrected chi connectivity index (χ1v) is 7.25. The number of rotatable bonds is 5. The van der Waals surface area contributed by atoms with E-state index in [4.69, 9.17) is 11.6 Å². The Morgan fingerprint density at radius 3 is 2.10 bits per heavy atom. The van der Waals surface area contributed by atoms with Crippen molar-refractivity contribution in [3.63, 3.8) is 0 Å². The fraction of sp³-hybridized carbons (Fsp3) is 0.294. The van der Waals surface area contributed by atoms with Gasteiger partial charge < -0.3 is 5.32 Å². The van der Waals surface area contributed by atoms with Crippen molar-refractivity contribution in [2.45, 2.75) is 32.4 Å². The van der Waals surface area contributed by atoms with Crippen LogP contribution in [0.1, 0.15) is 43.5 Å². The molecule has 0 radical (unpaired) electrons. The van der Waals surface area contributed by atoms with Crippen LogP contribution < -0.4 is 5.32 Å². The van der Waals surface area contributed by atoms with Gasteiger partial charge in [0.25, 0.3) is 0 Å². The normalized spacial score (nSPS) is 14.0. The molecule has 0 saturated carbocycles. The molecule has 20 heavy (non-hydrogen) atoms. The van der Waals surface area contributed by atoms with Gasteiger partial charge in [-0.15, -0.1) is 0 Å². The van der Waals surface area contributed by atoms with Crippen molar-refractivity contribution in [2.24, 2.45) is 0 Å². The third-order valence-electron chi connectivity index (χ3n) is 3.50. The Bertz CT molecular complexity index is 536. The lowest BCUT2D eigenvalue weighted by molar-refractivity contribution is 0.456. The quantitative estimate of drug-likeness (QED) is 0.790. The van der Waals surface area contributed by atoms with Crippen LogP contribution in [0, 0.1) is 5.82 Å². The molecular weight excluding hydrogens is 273 g/mol. The van der Waals surface area contributed by atoms with E-state index in [9.17, 15) is 4.39 Å². The molecule has 2 unspecified atom stereocenters. The van der Waals surface area contributed by atoms with Gasteiger partial charge in [-0.05, 0) is 48.7 Å². The van der Waals surface area contributed by atoms with E-state index in [1.54, 1.807) is 0 Å². The molecule has 0 heterocycles. The van der Waals surface area contributed by atoms with Crippen LogP contribution in [-0.2, 0) is 0 Å². The Kier molecular flexibility index (Phi) is 5.16. The van der Waals surface area contributed by atoms with Crippen molar-refractivity contribution >= 4 is 11.6 Å². The van der Waals surface area contributed by atoms with Gasteiger partial charge in [-0.25, -0.2) is 4.39 Å². The SMILES string of the molecule is CCC(NC(C)c1ccc(Cl)cc1)c1ccc(F)cc1. The first-order valence-electron chi connectivity index (χ1n) is 6.87. The molecule has 106 valence electrons. The van der Waals surface area contributed by atoms with E-state index in [1.165, 1.54) is 17.7 Å². The van der Waals surface area contributed by atoms with Crippen LogP contribution in [0.5, 0.6) is 0 Å². The molecule has 0 amide bonds. The Morgan fingerprint density at radius 1 is 1.00 bits per heavy atom. The molecule has 0 aliphatic carbocycles. The summed E-state index contributed by atoms with van der Waals surface area (Å²) in [6, 6.07) is 15.0. The van der Waals surface area contributed by atoms with Crippen LogP contribution in [-0.4, -0.2) is 0 Å². The fourth-order valence-corrected chi connectivity index (χ4v) is 2.42. The maximum Gasteiger partial charge on any atom is 0.123 e. The third kappa shape index (κ3) is 3.81. The van der Waals surface area contributed by atoms with E-state index in [0.29, 0.717) is 0 Å². The summed E-state index contributed by atoms with van der Waals surface area (Å²) in [6.07, 6.45) is 0.948. The van der Waals surface area contributed by atoms with Crippen molar-refractivity contribution in [2.75, 3.05) is 0 Å². The summed E-state index contributed by atoms with van der Waals surface area (Å²) in [5.41, 5.74) is 2.30. The summed E-state index contributed by atoms with van der Waals surface area (Å²) >= 11 is 5.90. The molecule has 2 atom stereocenters. The minimum Gasteiger partial charge on any atom is -0.303 e. The number of hydrogen-bond acceptors (Lipinski definition) is 1. The summed E-state index contributed by atoms with van der Waals surface area (Å²) in [4.78, 5) is 0. The van der Waals surface area contributed by atoms with Crippen LogP contribution in [0.3, 0.4) is 0 Å². The Hall–Kier alpha value is -1.38. The molecule has 2 aromatic rings. The third-order valence-corrected chi connectivity index (χ3v) is 3.75. The minimum atomic E-state index is -0.200. The van der Waals surface area contributed by atoms with Crippen LogP contribution in [0.15, 0.2) is 48.5 Å². The lowest BCUT2D eigenvalue weighted by Gasteiger charge is -2.23. The Labute approximate surface area is 124 Å². The van der Waals surface area contributed by atoms with E-state index in [1.807, 2.05) is 36.4 Å². The van der Waals surface area contributed by atoms with Gasteiger partial charge in [0.2, 0.25) is 0 Å². The van der Waals surface area contributed by atoms with Gasteiger partial charge in [0.05, 0.1) is 0 Å². The van der Waals surface area contributed by atoms with E-state index in [-0.39, 0.29) is 17.9 Å². The van der Waals surface area contributed by atoms with E-state index in [0.717, 1.165) is 17.0 Å². The van der Waals surface area contributed by atoms with Gasteiger partial charge in [-0.1, -0.05) is 42.8 Å². The standard InChI is InChI=1S/C17H19ClFN/c1-3-17(14-6-10-16(19)11-7-14)20-12(2)13-4-8-15(18)9-5-13/h4-12,17,20H,3H2,1-2H3. The average molecular weight is 292 g/mol. The molecule has 3 heteroatoms. The highest BCUT2D eigenvalue weighted by molar-refractivity contribution is 6.30. The van der Waals surface area contributed by atoms with Crippen molar-refractivity contribution in [3.05, 3.63) is 70.5 Å². The zero-order chi connectivity index (χ0) is 14.5. The largest absolute Gasteiger partial charge is 0.303 e. The van der Waals surface area contributed by atoms with Crippen molar-refractivity contribution in [3.8, 4) is 0 Å². The van der Waals surface area contributed by atoms with E-state index in [2.05, 4.69) is 19.2 Å². The lowest BCUT2D eigenvalue weighted by Crippen LogP contribution is -2.24. The summed E-state index contributed by atoms with van der Waals surface area (Å²) < 4.78 is 13.0. The second-order valence-electron chi connectivity index (χ2n) is 4.95. The second-order valence-corrected chi connectivity index (χ2v) is 5.39. The molecule has 1 nitrogen and oxygen atoms in total. The van der Waals surface area contributed by atoms with Gasteiger partial charge in [0, 0.05) is 17.1 Å². The van der Waals surface area contributed by atoms with Gasteiger partial charge in [0.1, 0.15) is 5.82 Å². The summed E-state index contributed by atoms with van der Waals surface area (Å²) in [6.45, 7) is 4.24.